The Kier molecular flexibility index (Phi) is 9.93. The Labute approximate surface area is 492 Å². The molecule has 4 nitrogen and oxygen atoms in total. The number of benzene rings is 11. The second kappa shape index (κ2) is 16.9. The summed E-state index contributed by atoms with van der Waals surface area (Å²) in [5, 5.41) is 4.82. The lowest BCUT2D eigenvalue weighted by Crippen LogP contribution is -2.60. The van der Waals surface area contributed by atoms with E-state index >= 15 is 0 Å². The molecule has 1 spiro atoms. The first-order valence-electron chi connectivity index (χ1n) is 30.0. The molecule has 2 aliphatic heterocycles. The number of nitrogens with zero attached hydrogens (tertiary/aromatic N) is 3. The van der Waals surface area contributed by atoms with Crippen molar-refractivity contribution < 1.29 is 4.74 Å². The van der Waals surface area contributed by atoms with Gasteiger partial charge in [-0.25, -0.2) is 0 Å². The Hall–Kier alpha value is -9.32. The van der Waals surface area contributed by atoms with Gasteiger partial charge in [0.1, 0.15) is 11.5 Å². The van der Waals surface area contributed by atoms with Crippen molar-refractivity contribution >= 4 is 83.8 Å². The molecule has 0 N–H and O–H groups in total. The number of hydrogen-bond donors (Lipinski definition) is 0. The van der Waals surface area contributed by atoms with Gasteiger partial charge in [0.15, 0.2) is 0 Å². The van der Waals surface area contributed by atoms with Crippen molar-refractivity contribution in [3.8, 4) is 45.1 Å². The molecule has 11 aromatic carbocycles. The summed E-state index contributed by atoms with van der Waals surface area (Å²) in [6.07, 6.45) is 0. The van der Waals surface area contributed by atoms with Crippen LogP contribution in [0.2, 0.25) is 0 Å². The lowest BCUT2D eigenvalue weighted by Gasteiger charge is -2.41. The predicted molar refractivity (Wildman–Crippen MR) is 353 cm³/mol. The van der Waals surface area contributed by atoms with E-state index in [-0.39, 0.29) is 23.0 Å². The molecule has 4 heterocycles. The molecule has 0 atom stereocenters. The maximum atomic E-state index is 7.49. The number of hydrogen-bond acceptors (Lipinski definition) is 2. The third kappa shape index (κ3) is 6.56. The Morgan fingerprint density at radius 1 is 0.357 bits per heavy atom. The summed E-state index contributed by atoms with van der Waals surface area (Å²) in [6.45, 7) is 20.8. The van der Waals surface area contributed by atoms with Crippen LogP contribution >= 0.6 is 0 Å². The molecule has 4 aliphatic rings. The van der Waals surface area contributed by atoms with Crippen LogP contribution in [0.3, 0.4) is 0 Å². The molecule has 0 fully saturated rings. The molecule has 404 valence electrons. The topological polar surface area (TPSA) is 22.3 Å². The maximum absolute atomic E-state index is 7.49. The predicted octanol–water partition coefficient (Wildman–Crippen LogP) is 18.5. The largest absolute Gasteiger partial charge is 0.458 e. The highest BCUT2D eigenvalue weighted by atomic mass is 16.5. The number of fused-ring (bicyclic) bond motifs is 21. The van der Waals surface area contributed by atoms with Gasteiger partial charge in [0.25, 0.3) is 6.71 Å². The van der Waals surface area contributed by atoms with Crippen molar-refractivity contribution in [2.24, 2.45) is 0 Å². The van der Waals surface area contributed by atoms with Crippen molar-refractivity contribution in [1.82, 2.24) is 9.13 Å². The third-order valence-electron chi connectivity index (χ3n) is 19.4. The molecule has 5 heteroatoms. The normalized spacial score (nSPS) is 14.4. The SMILES string of the molecule is CC(C)(C)c1ccc(N2c3ccc(C(C)(C)C)cc3B3c4cc(C(C)(C)C)ccc4Oc4cc(-n5c6ccccc6c6ccc7c8ccccc8n(-c8cccc9c8C8(c%10ccccc%10-c%10ccccc%108)c8ccccc8-9)c7c65)cc2c43)cc1. The van der Waals surface area contributed by atoms with Crippen LogP contribution in [0.15, 0.2) is 224 Å². The number of rotatable bonds is 3. The third-order valence-corrected chi connectivity index (χ3v) is 19.4. The van der Waals surface area contributed by atoms with E-state index in [1.165, 1.54) is 122 Å². The van der Waals surface area contributed by atoms with E-state index in [2.05, 4.69) is 301 Å². The average molecular weight is 1080 g/mol. The van der Waals surface area contributed by atoms with Crippen LogP contribution in [0.5, 0.6) is 11.5 Å². The quantitative estimate of drug-likeness (QED) is 0.165. The van der Waals surface area contributed by atoms with Gasteiger partial charge in [-0.05, 0) is 137 Å². The van der Waals surface area contributed by atoms with Crippen LogP contribution in [0.1, 0.15) is 101 Å². The first-order chi connectivity index (χ1) is 40.6. The molecule has 0 saturated carbocycles. The summed E-state index contributed by atoms with van der Waals surface area (Å²) in [7, 11) is 0. The molecular formula is C79H64BN3O. The first-order valence-corrected chi connectivity index (χ1v) is 30.0. The fraction of sp³-hybridized carbons (Fsp3) is 0.165. The van der Waals surface area contributed by atoms with Crippen molar-refractivity contribution in [2.45, 2.75) is 84.0 Å². The molecule has 2 aliphatic carbocycles. The zero-order chi connectivity index (χ0) is 56.9. The van der Waals surface area contributed by atoms with Crippen LogP contribution in [0, 0.1) is 0 Å². The lowest BCUT2D eigenvalue weighted by atomic mass is 9.33. The number of ether oxygens (including phenoxy) is 1. The molecule has 17 rings (SSSR count). The smallest absolute Gasteiger partial charge is 0.256 e. The summed E-state index contributed by atoms with van der Waals surface area (Å²) < 4.78 is 12.7. The van der Waals surface area contributed by atoms with Gasteiger partial charge >= 0.3 is 0 Å². The van der Waals surface area contributed by atoms with Crippen LogP contribution in [0.4, 0.5) is 17.1 Å². The summed E-state index contributed by atoms with van der Waals surface area (Å²) >= 11 is 0. The Morgan fingerprint density at radius 2 is 0.857 bits per heavy atom. The average Bonchev–Trinajstić information content (AvgIpc) is 1.65. The fourth-order valence-corrected chi connectivity index (χ4v) is 15.5. The second-order valence-corrected chi connectivity index (χ2v) is 27.2. The standard InChI is InChI=1S/C79H64BN3O/c1-76(2,3)47-33-37-50(38-34-47)81-67-41-35-48(77(4,5)6)43-63(67)80-64-44-49(78(7,8)9)36-42-70(64)84-71-46-51(45-69(81)73(71)80)82-65-30-18-13-24-55(65)58-39-40-59-56-25-14-19-31-66(56)83(75(59)74(58)82)68-32-20-26-57-54-23-12-17-29-62(54)79(72(57)68)60-27-15-10-21-52(60)53-22-11-16-28-61(53)79/h10-46H,1-9H3. The number of para-hydroxylation sites is 2. The van der Waals surface area contributed by atoms with E-state index in [1.807, 2.05) is 0 Å². The first kappa shape index (κ1) is 49.3. The summed E-state index contributed by atoms with van der Waals surface area (Å²) in [6, 6.07) is 85.9. The molecule has 84 heavy (non-hydrogen) atoms. The van der Waals surface area contributed by atoms with Crippen LogP contribution in [-0.4, -0.2) is 15.8 Å². The van der Waals surface area contributed by atoms with Crippen LogP contribution in [0.25, 0.3) is 77.2 Å². The van der Waals surface area contributed by atoms with E-state index in [1.54, 1.807) is 0 Å². The highest BCUT2D eigenvalue weighted by Gasteiger charge is 2.53. The summed E-state index contributed by atoms with van der Waals surface area (Å²) in [5.74, 6) is 1.79. The Balaban J connectivity index is 0.998. The van der Waals surface area contributed by atoms with Crippen molar-refractivity contribution in [3.63, 3.8) is 0 Å². The van der Waals surface area contributed by atoms with Gasteiger partial charge in [-0.3, -0.25) is 0 Å². The van der Waals surface area contributed by atoms with E-state index in [9.17, 15) is 0 Å². The minimum absolute atomic E-state index is 0.00670. The van der Waals surface area contributed by atoms with Gasteiger partial charge in [-0.1, -0.05) is 232 Å². The Bertz CT molecular complexity index is 4950. The van der Waals surface area contributed by atoms with Gasteiger partial charge in [-0.15, -0.1) is 0 Å². The summed E-state index contributed by atoms with van der Waals surface area (Å²) in [5.41, 5.74) is 27.7. The highest BCUT2D eigenvalue weighted by molar-refractivity contribution is 6.99. The van der Waals surface area contributed by atoms with Gasteiger partial charge in [0.05, 0.1) is 38.9 Å². The highest BCUT2D eigenvalue weighted by Crippen LogP contribution is 2.64. The number of anilines is 3. The minimum atomic E-state index is -0.564. The minimum Gasteiger partial charge on any atom is -0.458 e. The maximum Gasteiger partial charge on any atom is 0.256 e. The molecule has 13 aromatic rings. The molecule has 2 aromatic heterocycles. The van der Waals surface area contributed by atoms with Gasteiger partial charge in [-0.2, -0.15) is 0 Å². The molecule has 0 saturated heterocycles. The van der Waals surface area contributed by atoms with Crippen LogP contribution < -0.4 is 26.0 Å². The van der Waals surface area contributed by atoms with E-state index < -0.39 is 5.41 Å². The van der Waals surface area contributed by atoms with Crippen molar-refractivity contribution in [3.05, 3.63) is 263 Å². The zero-order valence-electron chi connectivity index (χ0n) is 49.2. The molecule has 0 amide bonds. The zero-order valence-corrected chi connectivity index (χ0v) is 49.2. The van der Waals surface area contributed by atoms with Gasteiger partial charge in [0.2, 0.25) is 0 Å². The van der Waals surface area contributed by atoms with E-state index in [0.717, 1.165) is 39.6 Å². The van der Waals surface area contributed by atoms with Gasteiger partial charge in [0, 0.05) is 50.2 Å². The second-order valence-electron chi connectivity index (χ2n) is 27.2. The molecule has 0 bridgehead atoms. The van der Waals surface area contributed by atoms with Crippen molar-refractivity contribution in [1.29, 1.82) is 0 Å². The van der Waals surface area contributed by atoms with E-state index in [4.69, 9.17) is 4.74 Å². The molecule has 0 radical (unpaired) electrons. The monoisotopic (exact) mass is 1080 g/mol. The Morgan fingerprint density at radius 3 is 1.46 bits per heavy atom. The summed E-state index contributed by atoms with van der Waals surface area (Å²) in [4.78, 5) is 2.54. The van der Waals surface area contributed by atoms with Gasteiger partial charge < -0.3 is 18.8 Å². The number of aromatic nitrogens is 2. The molecular weight excluding hydrogens is 1020 g/mol. The van der Waals surface area contributed by atoms with Crippen molar-refractivity contribution in [2.75, 3.05) is 4.90 Å². The molecule has 0 unspecified atom stereocenters. The van der Waals surface area contributed by atoms with Crippen LogP contribution in [-0.2, 0) is 21.7 Å². The fourth-order valence-electron chi connectivity index (χ4n) is 15.5. The lowest BCUT2D eigenvalue weighted by molar-refractivity contribution is 0.486. The van der Waals surface area contributed by atoms with E-state index in [0.29, 0.717) is 0 Å².